The summed E-state index contributed by atoms with van der Waals surface area (Å²) in [7, 11) is 3.14. The van der Waals surface area contributed by atoms with Crippen LogP contribution >= 0.6 is 11.8 Å². The van der Waals surface area contributed by atoms with Gasteiger partial charge in [0.05, 0.1) is 29.9 Å². The largest absolute Gasteiger partial charge is 0.496 e. The molecule has 12 heteroatoms. The molecule has 1 heterocycles. The van der Waals surface area contributed by atoms with Crippen LogP contribution in [0, 0.1) is 17.0 Å². The molecule has 3 aromatic rings. The van der Waals surface area contributed by atoms with Crippen LogP contribution in [0.5, 0.6) is 5.75 Å². The van der Waals surface area contributed by atoms with E-state index in [4.69, 9.17) is 4.74 Å². The van der Waals surface area contributed by atoms with E-state index >= 15 is 0 Å². The highest BCUT2D eigenvalue weighted by atomic mass is 32.2. The lowest BCUT2D eigenvalue weighted by molar-refractivity contribution is -0.384. The number of ether oxygens (including phenoxy) is 1. The van der Waals surface area contributed by atoms with Crippen LogP contribution < -0.4 is 15.4 Å². The van der Waals surface area contributed by atoms with Gasteiger partial charge in [0.15, 0.2) is 11.0 Å². The van der Waals surface area contributed by atoms with E-state index in [2.05, 4.69) is 20.8 Å². The van der Waals surface area contributed by atoms with E-state index in [1.54, 1.807) is 30.7 Å². The Hall–Kier alpha value is -3.93. The van der Waals surface area contributed by atoms with E-state index in [-0.39, 0.29) is 23.0 Å². The number of nitro benzene ring substituents is 1. The lowest BCUT2D eigenvalue weighted by Crippen LogP contribution is -2.28. The second kappa shape index (κ2) is 10.8. The molecule has 34 heavy (non-hydrogen) atoms. The van der Waals surface area contributed by atoms with Crippen molar-refractivity contribution < 1.29 is 19.2 Å². The quantitative estimate of drug-likeness (QED) is 0.268. The minimum atomic E-state index is -0.591. The maximum atomic E-state index is 12.5. The van der Waals surface area contributed by atoms with Crippen molar-refractivity contribution in [2.75, 3.05) is 18.2 Å². The number of hydrogen-bond donors (Lipinski definition) is 2. The van der Waals surface area contributed by atoms with Gasteiger partial charge in [-0.25, -0.2) is 0 Å². The highest BCUT2D eigenvalue weighted by Crippen LogP contribution is 2.29. The van der Waals surface area contributed by atoms with Crippen LogP contribution in [0.1, 0.15) is 34.7 Å². The average molecular weight is 485 g/mol. The molecule has 2 amide bonds. The summed E-state index contributed by atoms with van der Waals surface area (Å²) >= 11 is 1.12. The molecular weight excluding hydrogens is 460 g/mol. The Morgan fingerprint density at radius 2 is 2.00 bits per heavy atom. The fraction of sp³-hybridized carbons (Fsp3) is 0.273. The Morgan fingerprint density at radius 1 is 1.24 bits per heavy atom. The van der Waals surface area contributed by atoms with Gasteiger partial charge in [0, 0.05) is 12.6 Å². The van der Waals surface area contributed by atoms with Crippen molar-refractivity contribution in [2.45, 2.75) is 25.0 Å². The number of nitrogens with zero attached hydrogens (tertiary/aromatic N) is 4. The van der Waals surface area contributed by atoms with Gasteiger partial charge in [0.2, 0.25) is 5.91 Å². The number of aryl methyl sites for hydroxylation is 1. The fourth-order valence-corrected chi connectivity index (χ4v) is 3.89. The summed E-state index contributed by atoms with van der Waals surface area (Å²) in [6.07, 6.45) is 0. The monoisotopic (exact) mass is 484 g/mol. The third kappa shape index (κ3) is 5.90. The van der Waals surface area contributed by atoms with Crippen molar-refractivity contribution in [1.29, 1.82) is 0 Å². The fourth-order valence-electron chi connectivity index (χ4n) is 3.17. The van der Waals surface area contributed by atoms with Crippen molar-refractivity contribution in [3.8, 4) is 5.75 Å². The van der Waals surface area contributed by atoms with E-state index in [1.807, 2.05) is 19.1 Å². The first kappa shape index (κ1) is 24.7. The first-order valence-electron chi connectivity index (χ1n) is 10.2. The number of thioether (sulfide) groups is 1. The van der Waals surface area contributed by atoms with Gasteiger partial charge >= 0.3 is 0 Å². The smallest absolute Gasteiger partial charge is 0.296 e. The third-order valence-corrected chi connectivity index (χ3v) is 5.91. The van der Waals surface area contributed by atoms with Crippen molar-refractivity contribution in [1.82, 2.24) is 20.1 Å². The van der Waals surface area contributed by atoms with Crippen molar-refractivity contribution in [3.63, 3.8) is 0 Å². The van der Waals surface area contributed by atoms with Crippen molar-refractivity contribution >= 4 is 35.0 Å². The highest BCUT2D eigenvalue weighted by molar-refractivity contribution is 7.99. The number of aromatic nitrogens is 3. The normalized spacial score (nSPS) is 11.5. The number of hydrogen-bond acceptors (Lipinski definition) is 8. The first-order chi connectivity index (χ1) is 16.2. The minimum Gasteiger partial charge on any atom is -0.496 e. The number of nitrogens with one attached hydrogen (secondary N) is 2. The molecule has 3 rings (SSSR count). The summed E-state index contributed by atoms with van der Waals surface area (Å²) in [6.45, 7) is 3.71. The molecule has 1 atom stereocenters. The molecule has 0 bridgehead atoms. The number of methoxy groups -OCH3 is 1. The van der Waals surface area contributed by atoms with E-state index in [0.717, 1.165) is 17.3 Å². The molecule has 1 aromatic heterocycles. The van der Waals surface area contributed by atoms with Crippen LogP contribution in [0.2, 0.25) is 0 Å². The summed E-state index contributed by atoms with van der Waals surface area (Å²) in [4.78, 5) is 35.6. The number of anilines is 1. The molecule has 0 aliphatic heterocycles. The van der Waals surface area contributed by atoms with Crippen LogP contribution in [0.3, 0.4) is 0 Å². The van der Waals surface area contributed by atoms with Crippen molar-refractivity contribution in [2.24, 2.45) is 7.05 Å². The standard InChI is InChI=1S/C22H24N6O5S/c1-13-6-5-7-15(10-13)21(30)23-14(2)20-25-26-22(27(20)3)34-12-19(29)24-17-9-8-16(33-4)11-18(17)28(31)32/h5-11,14H,12H2,1-4H3,(H,23,30)(H,24,29)/t14-/m0/s1. The maximum absolute atomic E-state index is 12.5. The highest BCUT2D eigenvalue weighted by Gasteiger charge is 2.20. The van der Waals surface area contributed by atoms with Crippen LogP contribution in [0.15, 0.2) is 47.6 Å². The van der Waals surface area contributed by atoms with Gasteiger partial charge in [-0.05, 0) is 38.1 Å². The molecule has 0 spiro atoms. The van der Waals surface area contributed by atoms with Gasteiger partial charge in [-0.15, -0.1) is 10.2 Å². The Bertz CT molecular complexity index is 1230. The molecule has 0 saturated carbocycles. The van der Waals surface area contributed by atoms with Gasteiger partial charge in [0.25, 0.3) is 11.6 Å². The lowest BCUT2D eigenvalue weighted by Gasteiger charge is -2.14. The number of rotatable bonds is 9. The second-order valence-electron chi connectivity index (χ2n) is 7.44. The predicted molar refractivity (Wildman–Crippen MR) is 127 cm³/mol. The number of amides is 2. The van der Waals surface area contributed by atoms with E-state index < -0.39 is 16.9 Å². The Labute approximate surface area is 200 Å². The van der Waals surface area contributed by atoms with E-state index in [0.29, 0.717) is 22.3 Å². The molecule has 178 valence electrons. The SMILES string of the molecule is COc1ccc(NC(=O)CSc2nnc([C@H](C)NC(=O)c3cccc(C)c3)n2C)c([N+](=O)[O-])c1. The van der Waals surface area contributed by atoms with Gasteiger partial charge in [-0.1, -0.05) is 29.5 Å². The maximum Gasteiger partial charge on any atom is 0.296 e. The minimum absolute atomic E-state index is 0.0425. The molecule has 11 nitrogen and oxygen atoms in total. The zero-order valence-corrected chi connectivity index (χ0v) is 19.9. The number of carbonyl (C=O) groups is 2. The molecule has 0 radical (unpaired) electrons. The molecule has 2 N–H and O–H groups in total. The Kier molecular flexibility index (Phi) is 7.84. The van der Waals surface area contributed by atoms with Gasteiger partial charge < -0.3 is 19.9 Å². The van der Waals surface area contributed by atoms with Crippen LogP contribution in [0.4, 0.5) is 11.4 Å². The van der Waals surface area contributed by atoms with Gasteiger partial charge in [-0.3, -0.25) is 19.7 Å². The van der Waals surface area contributed by atoms with Crippen LogP contribution in [-0.2, 0) is 11.8 Å². The summed E-state index contributed by atoms with van der Waals surface area (Å²) in [5.41, 5.74) is 1.34. The zero-order valence-electron chi connectivity index (χ0n) is 19.1. The van der Waals surface area contributed by atoms with Gasteiger partial charge in [0.1, 0.15) is 11.4 Å². The van der Waals surface area contributed by atoms with E-state index in [1.165, 1.54) is 25.3 Å². The van der Waals surface area contributed by atoms with Gasteiger partial charge in [-0.2, -0.15) is 0 Å². The molecule has 2 aromatic carbocycles. The third-order valence-electron chi connectivity index (χ3n) is 4.89. The summed E-state index contributed by atoms with van der Waals surface area (Å²) in [5, 5.41) is 25.4. The molecule has 0 aliphatic carbocycles. The molecular formula is C22H24N6O5S. The average Bonchev–Trinajstić information content (AvgIpc) is 3.18. The predicted octanol–water partition coefficient (Wildman–Crippen LogP) is 3.26. The zero-order chi connectivity index (χ0) is 24.8. The number of carbonyl (C=O) groups excluding carboxylic acids is 2. The van der Waals surface area contributed by atoms with Crippen LogP contribution in [-0.4, -0.2) is 44.4 Å². The Balaban J connectivity index is 1.61. The van der Waals surface area contributed by atoms with Crippen molar-refractivity contribution in [3.05, 3.63) is 69.5 Å². The topological polar surface area (TPSA) is 141 Å². The lowest BCUT2D eigenvalue weighted by atomic mass is 10.1. The summed E-state index contributed by atoms with van der Waals surface area (Å²) in [5.74, 6) is 0.126. The molecule has 0 unspecified atom stereocenters. The Morgan fingerprint density at radius 3 is 2.68 bits per heavy atom. The van der Waals surface area contributed by atoms with E-state index in [9.17, 15) is 19.7 Å². The summed E-state index contributed by atoms with van der Waals surface area (Å²) in [6, 6.07) is 11.0. The number of nitro groups is 1. The summed E-state index contributed by atoms with van der Waals surface area (Å²) < 4.78 is 6.68. The molecule has 0 fully saturated rings. The number of benzene rings is 2. The first-order valence-corrected chi connectivity index (χ1v) is 11.2. The molecule has 0 aliphatic rings. The molecule has 0 saturated heterocycles. The van der Waals surface area contributed by atoms with Crippen LogP contribution in [0.25, 0.3) is 0 Å². The second-order valence-corrected chi connectivity index (χ2v) is 8.38.